The number of carbonyl (C=O) groups is 1. The quantitative estimate of drug-likeness (QED) is 0.305. The van der Waals surface area contributed by atoms with Crippen molar-refractivity contribution in [2.75, 3.05) is 7.11 Å². The van der Waals surface area contributed by atoms with Gasteiger partial charge in [0.15, 0.2) is 17.2 Å². The lowest BCUT2D eigenvalue weighted by molar-refractivity contribution is -0.129. The van der Waals surface area contributed by atoms with Gasteiger partial charge in [-0.15, -0.1) is 0 Å². The van der Waals surface area contributed by atoms with E-state index in [1.165, 1.54) is 31.4 Å². The monoisotopic (exact) mass is 463 g/mol. The molecule has 0 amide bonds. The van der Waals surface area contributed by atoms with E-state index in [2.05, 4.69) is 4.99 Å². The molecule has 0 saturated heterocycles. The molecule has 1 heterocycles. The highest BCUT2D eigenvalue weighted by Gasteiger charge is 2.24. The van der Waals surface area contributed by atoms with E-state index in [-0.39, 0.29) is 28.0 Å². The van der Waals surface area contributed by atoms with Gasteiger partial charge in [-0.3, -0.25) is 0 Å². The molecule has 1 aliphatic rings. The third-order valence-electron chi connectivity index (χ3n) is 4.92. The minimum atomic E-state index is -4.04. The van der Waals surface area contributed by atoms with Gasteiger partial charge in [0, 0.05) is 5.56 Å². The van der Waals surface area contributed by atoms with Crippen LogP contribution >= 0.6 is 0 Å². The van der Waals surface area contributed by atoms with E-state index in [0.717, 1.165) is 11.1 Å². The van der Waals surface area contributed by atoms with Crippen LogP contribution in [-0.4, -0.2) is 27.4 Å². The van der Waals surface area contributed by atoms with Gasteiger partial charge < -0.3 is 13.7 Å². The maximum atomic E-state index is 12.6. The summed E-state index contributed by atoms with van der Waals surface area (Å²) in [4.78, 5) is 16.6. The Morgan fingerprint density at radius 3 is 2.15 bits per heavy atom. The van der Waals surface area contributed by atoms with Crippen molar-refractivity contribution in [3.8, 4) is 11.5 Å². The van der Waals surface area contributed by atoms with E-state index in [1.807, 2.05) is 38.1 Å². The second-order valence-corrected chi connectivity index (χ2v) is 9.01. The Morgan fingerprint density at radius 1 is 0.879 bits per heavy atom. The number of methoxy groups -OCH3 is 1. The van der Waals surface area contributed by atoms with E-state index < -0.39 is 16.1 Å². The molecule has 8 heteroatoms. The fraction of sp³-hybridized carbons (Fsp3) is 0.120. The van der Waals surface area contributed by atoms with Crippen LogP contribution in [0.5, 0.6) is 11.5 Å². The first-order chi connectivity index (χ1) is 15.7. The number of cyclic esters (lactones) is 1. The van der Waals surface area contributed by atoms with Crippen molar-refractivity contribution in [1.29, 1.82) is 0 Å². The molecule has 1 aliphatic heterocycles. The van der Waals surface area contributed by atoms with Crippen LogP contribution < -0.4 is 8.92 Å². The van der Waals surface area contributed by atoms with Crippen molar-refractivity contribution in [2.45, 2.75) is 18.7 Å². The van der Waals surface area contributed by atoms with Crippen molar-refractivity contribution in [2.24, 2.45) is 4.99 Å². The summed E-state index contributed by atoms with van der Waals surface area (Å²) in [5, 5.41) is 0. The molecular formula is C25H21NO6S. The summed E-state index contributed by atoms with van der Waals surface area (Å²) < 4.78 is 41.1. The lowest BCUT2D eigenvalue weighted by Crippen LogP contribution is -2.10. The number of benzene rings is 3. The first kappa shape index (κ1) is 22.3. The summed E-state index contributed by atoms with van der Waals surface area (Å²) >= 11 is 0. The van der Waals surface area contributed by atoms with Gasteiger partial charge in [-0.25, -0.2) is 9.79 Å². The summed E-state index contributed by atoms with van der Waals surface area (Å²) in [5.74, 6) is -0.138. The van der Waals surface area contributed by atoms with Crippen molar-refractivity contribution < 1.29 is 26.9 Å². The van der Waals surface area contributed by atoms with E-state index in [0.29, 0.717) is 11.1 Å². The highest BCUT2D eigenvalue weighted by atomic mass is 32.2. The van der Waals surface area contributed by atoms with Gasteiger partial charge in [-0.1, -0.05) is 41.5 Å². The van der Waals surface area contributed by atoms with E-state index >= 15 is 0 Å². The largest absolute Gasteiger partial charge is 0.493 e. The number of aliphatic imine (C=N–C) groups is 1. The SMILES string of the molecule is COc1cc(/C=C2\N=C(c3ccc(C)cc3)OC2=O)ccc1OS(=O)(=O)c1ccc(C)cc1. The summed E-state index contributed by atoms with van der Waals surface area (Å²) in [7, 11) is -2.64. The van der Waals surface area contributed by atoms with Crippen LogP contribution in [0.2, 0.25) is 0 Å². The Morgan fingerprint density at radius 2 is 1.52 bits per heavy atom. The smallest absolute Gasteiger partial charge is 0.363 e. The molecule has 4 rings (SSSR count). The number of aryl methyl sites for hydroxylation is 2. The predicted molar refractivity (Wildman–Crippen MR) is 124 cm³/mol. The van der Waals surface area contributed by atoms with Crippen molar-refractivity contribution in [3.63, 3.8) is 0 Å². The molecule has 0 aromatic heterocycles. The van der Waals surface area contributed by atoms with Crippen LogP contribution in [0.4, 0.5) is 0 Å². The van der Waals surface area contributed by atoms with Gasteiger partial charge in [0.2, 0.25) is 5.90 Å². The topological polar surface area (TPSA) is 91.3 Å². The third-order valence-corrected chi connectivity index (χ3v) is 6.17. The Kier molecular flexibility index (Phi) is 6.02. The lowest BCUT2D eigenvalue weighted by atomic mass is 10.1. The molecule has 0 atom stereocenters. The highest BCUT2D eigenvalue weighted by molar-refractivity contribution is 7.87. The first-order valence-corrected chi connectivity index (χ1v) is 11.4. The van der Waals surface area contributed by atoms with Gasteiger partial charge in [-0.2, -0.15) is 8.42 Å². The second kappa shape index (κ2) is 8.91. The van der Waals surface area contributed by atoms with Crippen molar-refractivity contribution >= 4 is 28.1 Å². The summed E-state index contributed by atoms with van der Waals surface area (Å²) in [5.41, 5.74) is 3.39. The average Bonchev–Trinajstić information content (AvgIpc) is 3.15. The molecule has 3 aromatic rings. The maximum absolute atomic E-state index is 12.6. The lowest BCUT2D eigenvalue weighted by Gasteiger charge is -2.11. The second-order valence-electron chi connectivity index (χ2n) is 7.46. The van der Waals surface area contributed by atoms with Crippen molar-refractivity contribution in [3.05, 3.63) is 94.7 Å². The van der Waals surface area contributed by atoms with Crippen LogP contribution in [-0.2, 0) is 19.6 Å². The molecule has 7 nitrogen and oxygen atoms in total. The Labute approximate surface area is 192 Å². The van der Waals surface area contributed by atoms with Crippen LogP contribution in [0, 0.1) is 13.8 Å². The first-order valence-electron chi connectivity index (χ1n) is 10.0. The maximum Gasteiger partial charge on any atom is 0.363 e. The van der Waals surface area contributed by atoms with E-state index in [4.69, 9.17) is 13.7 Å². The number of ether oxygens (including phenoxy) is 2. The van der Waals surface area contributed by atoms with E-state index in [1.54, 1.807) is 24.3 Å². The molecule has 0 bridgehead atoms. The third kappa shape index (κ3) is 4.96. The molecule has 168 valence electrons. The zero-order valence-corrected chi connectivity index (χ0v) is 19.0. The molecule has 0 unspecified atom stereocenters. The van der Waals surface area contributed by atoms with Crippen LogP contribution in [0.3, 0.4) is 0 Å². The number of esters is 1. The zero-order chi connectivity index (χ0) is 23.6. The zero-order valence-electron chi connectivity index (χ0n) is 18.2. The molecule has 3 aromatic carbocycles. The number of carbonyl (C=O) groups excluding carboxylic acids is 1. The number of hydrogen-bond acceptors (Lipinski definition) is 7. The predicted octanol–water partition coefficient (Wildman–Crippen LogP) is 4.42. The highest BCUT2D eigenvalue weighted by Crippen LogP contribution is 2.32. The van der Waals surface area contributed by atoms with Gasteiger partial charge in [-0.05, 0) is 61.9 Å². The molecule has 33 heavy (non-hydrogen) atoms. The molecule has 0 saturated carbocycles. The Bertz CT molecular complexity index is 1370. The van der Waals surface area contributed by atoms with E-state index in [9.17, 15) is 13.2 Å². The van der Waals surface area contributed by atoms with Crippen LogP contribution in [0.15, 0.2) is 82.3 Å². The Hall–Kier alpha value is -3.91. The molecule has 0 fully saturated rings. The minimum Gasteiger partial charge on any atom is -0.493 e. The van der Waals surface area contributed by atoms with Crippen LogP contribution in [0.25, 0.3) is 6.08 Å². The molecular weight excluding hydrogens is 442 g/mol. The fourth-order valence-corrected chi connectivity index (χ4v) is 4.04. The average molecular weight is 464 g/mol. The standard InChI is InChI=1S/C25H21NO6S/c1-16-4-9-19(10-5-16)24-26-21(25(27)31-24)14-18-8-13-22(23(15-18)30-3)32-33(28,29)20-11-6-17(2)7-12-20/h4-15H,1-3H3/b21-14-. The number of nitrogens with zero attached hydrogens (tertiary/aromatic N) is 1. The number of rotatable bonds is 6. The van der Waals surface area contributed by atoms with Crippen LogP contribution in [0.1, 0.15) is 22.3 Å². The van der Waals surface area contributed by atoms with Gasteiger partial charge >= 0.3 is 16.1 Å². The minimum absolute atomic E-state index is 0.0260. The molecule has 0 spiro atoms. The summed E-state index contributed by atoms with van der Waals surface area (Å²) in [6.07, 6.45) is 1.53. The van der Waals surface area contributed by atoms with Gasteiger partial charge in [0.1, 0.15) is 4.90 Å². The fourth-order valence-electron chi connectivity index (χ4n) is 3.10. The van der Waals surface area contributed by atoms with Gasteiger partial charge in [0.05, 0.1) is 7.11 Å². The van der Waals surface area contributed by atoms with Crippen molar-refractivity contribution in [1.82, 2.24) is 0 Å². The normalized spacial score (nSPS) is 14.7. The summed E-state index contributed by atoms with van der Waals surface area (Å²) in [6.45, 7) is 3.83. The molecule has 0 radical (unpaired) electrons. The molecule has 0 N–H and O–H groups in total. The Balaban J connectivity index is 1.60. The number of hydrogen-bond donors (Lipinski definition) is 0. The molecule has 0 aliphatic carbocycles. The summed E-state index contributed by atoms with van der Waals surface area (Å²) in [6, 6.07) is 18.4. The van der Waals surface area contributed by atoms with Gasteiger partial charge in [0.25, 0.3) is 0 Å².